The van der Waals surface area contributed by atoms with Gasteiger partial charge in [0.1, 0.15) is 0 Å². The van der Waals surface area contributed by atoms with Crippen LogP contribution in [0.1, 0.15) is 0 Å². The van der Waals surface area contributed by atoms with E-state index < -0.39 is 0 Å². The van der Waals surface area contributed by atoms with E-state index in [0.29, 0.717) is 0 Å². The van der Waals surface area contributed by atoms with Gasteiger partial charge in [-0.15, -0.1) is 51.4 Å². The number of rotatable bonds is 1. The van der Waals surface area contributed by atoms with Crippen LogP contribution in [0.2, 0.25) is 0 Å². The van der Waals surface area contributed by atoms with Crippen molar-refractivity contribution >= 4 is 0 Å². The normalized spacial score (nSPS) is 6.20. The summed E-state index contributed by atoms with van der Waals surface area (Å²) >= 11 is 0. The van der Waals surface area contributed by atoms with Crippen molar-refractivity contribution in [3.63, 3.8) is 0 Å². The number of hydrogen-bond acceptors (Lipinski definition) is 0. The molecule has 0 aromatic heterocycles. The molecule has 0 heterocycles. The van der Waals surface area contributed by atoms with Gasteiger partial charge in [0.25, 0.3) is 0 Å². The second kappa shape index (κ2) is 21.0. The van der Waals surface area contributed by atoms with E-state index in [-0.39, 0.29) is 0 Å². The van der Waals surface area contributed by atoms with Crippen LogP contribution in [0.15, 0.2) is 60.7 Å². The van der Waals surface area contributed by atoms with Gasteiger partial charge in [-0.1, -0.05) is 60.7 Å². The minimum absolute atomic E-state index is 1.28. The summed E-state index contributed by atoms with van der Waals surface area (Å²) in [6, 6.07) is 20.8. The van der Waals surface area contributed by atoms with Crippen LogP contribution in [0.4, 0.5) is 0 Å². The Kier molecular flexibility index (Phi) is 23.0. The van der Waals surface area contributed by atoms with Gasteiger partial charge < -0.3 is 0 Å². The molecule has 0 spiro atoms. The van der Waals surface area contributed by atoms with Gasteiger partial charge in [-0.05, 0) is 11.1 Å². The molecule has 0 amide bonds. The lowest BCUT2D eigenvalue weighted by Crippen LogP contribution is -1.73. The Morgan fingerprint density at radius 3 is 0.750 bits per heavy atom. The average Bonchev–Trinajstić information content (AvgIpc) is 2.63. The Labute approximate surface area is 123 Å². The third kappa shape index (κ3) is 9.87. The van der Waals surface area contributed by atoms with Gasteiger partial charge in [0.2, 0.25) is 0 Å². The van der Waals surface area contributed by atoms with Gasteiger partial charge in [-0.2, -0.15) is 0 Å². The number of hydrogen-bond donors (Lipinski definition) is 0. The molecular weight excluding hydrogens is 240 g/mol. The first-order valence-corrected chi connectivity index (χ1v) is 5.40. The second-order valence-corrected chi connectivity index (χ2v) is 2.73. The molecule has 2 aromatic carbocycles. The van der Waals surface area contributed by atoms with Crippen LogP contribution in [0.25, 0.3) is 11.1 Å². The SMILES string of the molecule is C#C.C#C.C#C.C#C.c1ccc(-c2ccccc2)cc1. The van der Waals surface area contributed by atoms with Gasteiger partial charge in [0.15, 0.2) is 0 Å². The Morgan fingerprint density at radius 1 is 0.350 bits per heavy atom. The first-order valence-electron chi connectivity index (χ1n) is 5.40. The molecule has 2 rings (SSSR count). The third-order valence-electron chi connectivity index (χ3n) is 1.88. The number of benzene rings is 2. The fraction of sp³-hybridized carbons (Fsp3) is 0. The molecule has 0 aliphatic rings. The average molecular weight is 258 g/mol. The van der Waals surface area contributed by atoms with E-state index in [2.05, 4.69) is 99.9 Å². The van der Waals surface area contributed by atoms with Crippen molar-refractivity contribution in [2.75, 3.05) is 0 Å². The van der Waals surface area contributed by atoms with Crippen molar-refractivity contribution in [2.24, 2.45) is 0 Å². The van der Waals surface area contributed by atoms with E-state index in [1.807, 2.05) is 12.1 Å². The summed E-state index contributed by atoms with van der Waals surface area (Å²) in [5, 5.41) is 0. The summed E-state index contributed by atoms with van der Waals surface area (Å²) in [6.07, 6.45) is 32.0. The van der Waals surface area contributed by atoms with Crippen LogP contribution in [-0.2, 0) is 0 Å². The molecule has 0 saturated heterocycles. The fourth-order valence-corrected chi connectivity index (χ4v) is 1.26. The lowest BCUT2D eigenvalue weighted by atomic mass is 10.1. The maximum atomic E-state index is 4.00. The van der Waals surface area contributed by atoms with Crippen molar-refractivity contribution in [2.45, 2.75) is 0 Å². The quantitative estimate of drug-likeness (QED) is 0.667. The Hall–Kier alpha value is -3.32. The first-order chi connectivity index (χ1) is 9.97. The summed E-state index contributed by atoms with van der Waals surface area (Å²) in [4.78, 5) is 0. The van der Waals surface area contributed by atoms with E-state index >= 15 is 0 Å². The highest BCUT2D eigenvalue weighted by Gasteiger charge is 1.91. The second-order valence-electron chi connectivity index (χ2n) is 2.73. The van der Waals surface area contributed by atoms with Crippen molar-refractivity contribution in [1.82, 2.24) is 0 Å². The highest BCUT2D eigenvalue weighted by Crippen LogP contribution is 2.17. The summed E-state index contributed by atoms with van der Waals surface area (Å²) in [5.74, 6) is 0. The van der Waals surface area contributed by atoms with E-state index in [1.54, 1.807) is 0 Å². The van der Waals surface area contributed by atoms with Crippen LogP contribution in [-0.4, -0.2) is 0 Å². The molecule has 0 aliphatic carbocycles. The van der Waals surface area contributed by atoms with Crippen LogP contribution in [0.5, 0.6) is 0 Å². The van der Waals surface area contributed by atoms with Crippen molar-refractivity contribution < 1.29 is 0 Å². The van der Waals surface area contributed by atoms with Crippen molar-refractivity contribution in [3.8, 4) is 62.5 Å². The van der Waals surface area contributed by atoms with Crippen LogP contribution >= 0.6 is 0 Å². The fourth-order valence-electron chi connectivity index (χ4n) is 1.26. The van der Waals surface area contributed by atoms with Gasteiger partial charge in [0.05, 0.1) is 0 Å². The van der Waals surface area contributed by atoms with E-state index in [4.69, 9.17) is 0 Å². The maximum absolute atomic E-state index is 4.00. The van der Waals surface area contributed by atoms with Crippen molar-refractivity contribution in [1.29, 1.82) is 0 Å². The van der Waals surface area contributed by atoms with Gasteiger partial charge in [0, 0.05) is 0 Å². The minimum atomic E-state index is 1.28. The molecule has 0 bridgehead atoms. The summed E-state index contributed by atoms with van der Waals surface area (Å²) in [5.41, 5.74) is 2.55. The predicted octanol–water partition coefficient (Wildman–Crippen LogP) is 4.35. The van der Waals surface area contributed by atoms with Crippen LogP contribution < -0.4 is 0 Å². The summed E-state index contributed by atoms with van der Waals surface area (Å²) < 4.78 is 0. The van der Waals surface area contributed by atoms with Gasteiger partial charge in [-0.3, -0.25) is 0 Å². The first kappa shape index (κ1) is 21.9. The zero-order valence-electron chi connectivity index (χ0n) is 11.4. The van der Waals surface area contributed by atoms with Gasteiger partial charge >= 0.3 is 0 Å². The molecule has 0 atom stereocenters. The molecule has 0 saturated carbocycles. The lowest BCUT2D eigenvalue weighted by Gasteiger charge is -1.98. The predicted molar refractivity (Wildman–Crippen MR) is 91.4 cm³/mol. The molecule has 0 unspecified atom stereocenters. The van der Waals surface area contributed by atoms with E-state index in [0.717, 1.165) is 0 Å². The topological polar surface area (TPSA) is 0 Å². The summed E-state index contributed by atoms with van der Waals surface area (Å²) in [7, 11) is 0. The van der Waals surface area contributed by atoms with Crippen molar-refractivity contribution in [3.05, 3.63) is 60.7 Å². The molecular formula is C20H18. The maximum Gasteiger partial charge on any atom is -0.0184 e. The Bertz CT molecular complexity index is 420. The smallest absolute Gasteiger partial charge is 0.0184 e. The Morgan fingerprint density at radius 2 is 0.550 bits per heavy atom. The molecule has 2 aromatic rings. The van der Waals surface area contributed by atoms with Crippen LogP contribution in [0.3, 0.4) is 0 Å². The highest BCUT2D eigenvalue weighted by atomic mass is 14.0. The standard InChI is InChI=1S/C12H10.4C2H2/c1-3-7-11(8-4-1)12-9-5-2-6-10-12;4*1-2/h1-10H;4*1-2H. The van der Waals surface area contributed by atoms with E-state index in [1.165, 1.54) is 11.1 Å². The highest BCUT2D eigenvalue weighted by molar-refractivity contribution is 5.62. The minimum Gasteiger partial charge on any atom is -0.124 e. The zero-order valence-corrected chi connectivity index (χ0v) is 11.4. The van der Waals surface area contributed by atoms with Gasteiger partial charge in [-0.25, -0.2) is 0 Å². The largest absolute Gasteiger partial charge is 0.124 e. The number of terminal acetylenes is 4. The molecule has 0 heteroatoms. The van der Waals surface area contributed by atoms with Crippen LogP contribution in [0, 0.1) is 51.4 Å². The monoisotopic (exact) mass is 258 g/mol. The lowest BCUT2D eigenvalue weighted by molar-refractivity contribution is 1.62. The zero-order chi connectivity index (χ0) is 16.2. The Balaban J connectivity index is -0.000000314. The third-order valence-corrected chi connectivity index (χ3v) is 1.88. The molecule has 0 aliphatic heterocycles. The molecule has 98 valence electrons. The molecule has 0 nitrogen and oxygen atoms in total. The molecule has 20 heavy (non-hydrogen) atoms. The molecule has 0 radical (unpaired) electrons. The van der Waals surface area contributed by atoms with E-state index in [9.17, 15) is 0 Å². The molecule has 0 fully saturated rings. The molecule has 0 N–H and O–H groups in total. The summed E-state index contributed by atoms with van der Waals surface area (Å²) in [6.45, 7) is 0.